The van der Waals surface area contributed by atoms with Crippen molar-refractivity contribution in [2.45, 2.75) is 0 Å². The highest BCUT2D eigenvalue weighted by molar-refractivity contribution is 6.09. The molecule has 3 N–H and O–H groups in total. The first-order valence-electron chi connectivity index (χ1n) is 7.96. The lowest BCUT2D eigenvalue weighted by Crippen LogP contribution is -2.17. The smallest absolute Gasteiger partial charge is 0.259 e. The Kier molecular flexibility index (Phi) is 4.75. The van der Waals surface area contributed by atoms with Gasteiger partial charge in [-0.1, -0.05) is 18.2 Å². The van der Waals surface area contributed by atoms with Crippen molar-refractivity contribution >= 4 is 28.3 Å². The molecular weight excluding hydrogens is 332 g/mol. The Morgan fingerprint density at radius 2 is 1.73 bits per heavy atom. The minimum atomic E-state index is -0.473. The molecule has 0 fully saturated rings. The van der Waals surface area contributed by atoms with Crippen molar-refractivity contribution in [3.63, 3.8) is 0 Å². The number of nitrogens with one attached hydrogen (secondary N) is 2. The minimum absolute atomic E-state index is 0.109. The standard InChI is InChI=1S/C20H18N2O4/c1-21-19(24)13-8-7-12-11-17(23)15(10-14(12)9-13)20(25)22-16-5-3-4-6-18(16)26-2/h3-11,23H,1-2H3,(H,21,24)(H,22,25). The SMILES string of the molecule is CNC(=O)c1ccc2cc(O)c(C(=O)Nc3ccccc3OC)cc2c1. The van der Waals surface area contributed by atoms with Gasteiger partial charge in [-0.3, -0.25) is 9.59 Å². The minimum Gasteiger partial charge on any atom is -0.507 e. The normalized spacial score (nSPS) is 10.4. The number of anilines is 1. The molecule has 0 bridgehead atoms. The fourth-order valence-electron chi connectivity index (χ4n) is 2.69. The van der Waals surface area contributed by atoms with E-state index in [0.29, 0.717) is 22.4 Å². The highest BCUT2D eigenvalue weighted by Crippen LogP contribution is 2.29. The maximum Gasteiger partial charge on any atom is 0.259 e. The molecule has 132 valence electrons. The number of benzene rings is 3. The molecule has 3 aromatic carbocycles. The van der Waals surface area contributed by atoms with Gasteiger partial charge in [0.1, 0.15) is 11.5 Å². The average molecular weight is 350 g/mol. The summed E-state index contributed by atoms with van der Waals surface area (Å²) < 4.78 is 5.22. The van der Waals surface area contributed by atoms with Gasteiger partial charge in [0.25, 0.3) is 11.8 Å². The topological polar surface area (TPSA) is 87.7 Å². The van der Waals surface area contributed by atoms with Crippen LogP contribution in [-0.2, 0) is 0 Å². The number of fused-ring (bicyclic) bond motifs is 1. The van der Waals surface area contributed by atoms with Crippen molar-refractivity contribution < 1.29 is 19.4 Å². The summed E-state index contributed by atoms with van der Waals surface area (Å²) in [6.45, 7) is 0. The van der Waals surface area contributed by atoms with Crippen molar-refractivity contribution in [3.05, 3.63) is 65.7 Å². The van der Waals surface area contributed by atoms with Gasteiger partial charge in [-0.05, 0) is 47.2 Å². The maximum atomic E-state index is 12.6. The van der Waals surface area contributed by atoms with Gasteiger partial charge in [0.05, 0.1) is 18.4 Å². The molecule has 0 unspecified atom stereocenters. The van der Waals surface area contributed by atoms with Gasteiger partial charge >= 0.3 is 0 Å². The maximum absolute atomic E-state index is 12.6. The van der Waals surface area contributed by atoms with Crippen LogP contribution in [-0.4, -0.2) is 31.1 Å². The molecule has 2 amide bonds. The molecule has 0 aromatic heterocycles. The summed E-state index contributed by atoms with van der Waals surface area (Å²) in [7, 11) is 3.06. The summed E-state index contributed by atoms with van der Waals surface area (Å²) in [6, 6.07) is 15.1. The molecule has 3 aromatic rings. The van der Waals surface area contributed by atoms with E-state index in [1.54, 1.807) is 55.6 Å². The van der Waals surface area contributed by atoms with Gasteiger partial charge < -0.3 is 20.5 Å². The number of rotatable bonds is 4. The van der Waals surface area contributed by atoms with Gasteiger partial charge in [0.2, 0.25) is 0 Å². The number of carbonyl (C=O) groups excluding carboxylic acids is 2. The number of carbonyl (C=O) groups is 2. The van der Waals surface area contributed by atoms with E-state index in [4.69, 9.17) is 4.74 Å². The van der Waals surface area contributed by atoms with E-state index in [0.717, 1.165) is 5.39 Å². The predicted molar refractivity (Wildman–Crippen MR) is 100.0 cm³/mol. The van der Waals surface area contributed by atoms with Crippen molar-refractivity contribution in [2.24, 2.45) is 0 Å². The number of aromatic hydroxyl groups is 1. The molecule has 0 heterocycles. The molecule has 26 heavy (non-hydrogen) atoms. The van der Waals surface area contributed by atoms with Crippen LogP contribution in [0, 0.1) is 0 Å². The molecule has 6 heteroatoms. The van der Waals surface area contributed by atoms with E-state index in [2.05, 4.69) is 10.6 Å². The fourth-order valence-corrected chi connectivity index (χ4v) is 2.69. The highest BCUT2D eigenvalue weighted by Gasteiger charge is 2.15. The van der Waals surface area contributed by atoms with Crippen LogP contribution in [0.1, 0.15) is 20.7 Å². The van der Waals surface area contributed by atoms with Crippen LogP contribution in [0.25, 0.3) is 10.8 Å². The second-order valence-corrected chi connectivity index (χ2v) is 5.66. The summed E-state index contributed by atoms with van der Waals surface area (Å²) in [4.78, 5) is 24.4. The van der Waals surface area contributed by atoms with Crippen molar-refractivity contribution in [3.8, 4) is 11.5 Å². The summed E-state index contributed by atoms with van der Waals surface area (Å²) >= 11 is 0. The zero-order valence-electron chi connectivity index (χ0n) is 14.4. The molecule has 6 nitrogen and oxygen atoms in total. The third kappa shape index (κ3) is 3.30. The molecule has 3 rings (SSSR count). The summed E-state index contributed by atoms with van der Waals surface area (Å²) in [5.74, 6) is -0.320. The highest BCUT2D eigenvalue weighted by atomic mass is 16.5. The predicted octanol–water partition coefficient (Wildman–Crippen LogP) is 3.17. The zero-order chi connectivity index (χ0) is 18.7. The van der Waals surface area contributed by atoms with E-state index in [1.807, 2.05) is 0 Å². The van der Waals surface area contributed by atoms with Gasteiger partial charge in [0, 0.05) is 12.6 Å². The second-order valence-electron chi connectivity index (χ2n) is 5.66. The van der Waals surface area contributed by atoms with Crippen LogP contribution in [0.15, 0.2) is 54.6 Å². The fraction of sp³-hybridized carbons (Fsp3) is 0.100. The summed E-state index contributed by atoms with van der Waals surface area (Å²) in [5, 5.41) is 16.9. The van der Waals surface area contributed by atoms with Crippen LogP contribution in [0.2, 0.25) is 0 Å². The lowest BCUT2D eigenvalue weighted by Gasteiger charge is -2.11. The van der Waals surface area contributed by atoms with Crippen LogP contribution in [0.3, 0.4) is 0 Å². The Morgan fingerprint density at radius 1 is 0.962 bits per heavy atom. The lowest BCUT2D eigenvalue weighted by molar-refractivity contribution is 0.0962. The summed E-state index contributed by atoms with van der Waals surface area (Å²) in [6.07, 6.45) is 0. The van der Waals surface area contributed by atoms with Crippen molar-refractivity contribution in [1.29, 1.82) is 0 Å². The first-order chi connectivity index (χ1) is 12.5. The molecule has 0 radical (unpaired) electrons. The second kappa shape index (κ2) is 7.14. The molecule has 0 spiro atoms. The van der Waals surface area contributed by atoms with Gasteiger partial charge in [-0.2, -0.15) is 0 Å². The van der Waals surface area contributed by atoms with Gasteiger partial charge in [-0.15, -0.1) is 0 Å². The number of phenols is 1. The van der Waals surface area contributed by atoms with E-state index in [9.17, 15) is 14.7 Å². The first kappa shape index (κ1) is 17.3. The Balaban J connectivity index is 1.99. The quantitative estimate of drug-likeness (QED) is 0.674. The van der Waals surface area contributed by atoms with Crippen molar-refractivity contribution in [2.75, 3.05) is 19.5 Å². The van der Waals surface area contributed by atoms with E-state index in [-0.39, 0.29) is 17.2 Å². The van der Waals surface area contributed by atoms with Gasteiger partial charge in [-0.25, -0.2) is 0 Å². The lowest BCUT2D eigenvalue weighted by atomic mass is 10.0. The number of ether oxygens (including phenoxy) is 1. The van der Waals surface area contributed by atoms with Crippen LogP contribution in [0.5, 0.6) is 11.5 Å². The third-order valence-electron chi connectivity index (χ3n) is 4.04. The number of methoxy groups -OCH3 is 1. The van der Waals surface area contributed by atoms with Gasteiger partial charge in [0.15, 0.2) is 0 Å². The third-order valence-corrected chi connectivity index (χ3v) is 4.04. The summed E-state index contributed by atoms with van der Waals surface area (Å²) in [5.41, 5.74) is 1.08. The molecular formula is C20H18N2O4. The number of hydrogen-bond acceptors (Lipinski definition) is 4. The van der Waals surface area contributed by atoms with E-state index in [1.165, 1.54) is 13.2 Å². The molecule has 0 aliphatic rings. The molecule has 0 atom stereocenters. The molecule has 0 saturated heterocycles. The Morgan fingerprint density at radius 3 is 2.46 bits per heavy atom. The Bertz CT molecular complexity index is 998. The van der Waals surface area contributed by atoms with Crippen LogP contribution in [0.4, 0.5) is 5.69 Å². The van der Waals surface area contributed by atoms with Crippen molar-refractivity contribution in [1.82, 2.24) is 5.32 Å². The average Bonchev–Trinajstić information content (AvgIpc) is 2.66. The zero-order valence-corrected chi connectivity index (χ0v) is 14.4. The van der Waals surface area contributed by atoms with E-state index < -0.39 is 5.91 Å². The molecule has 0 aliphatic carbocycles. The van der Waals surface area contributed by atoms with Crippen LogP contribution < -0.4 is 15.4 Å². The number of hydrogen-bond donors (Lipinski definition) is 3. The number of amides is 2. The Hall–Kier alpha value is -3.54. The number of phenolic OH excluding ortho intramolecular Hbond substituents is 1. The molecule has 0 saturated carbocycles. The first-order valence-corrected chi connectivity index (χ1v) is 7.96. The number of para-hydroxylation sites is 2. The van der Waals surface area contributed by atoms with Crippen LogP contribution >= 0.6 is 0 Å². The molecule has 0 aliphatic heterocycles. The Labute approximate surface area is 150 Å². The monoisotopic (exact) mass is 350 g/mol. The van der Waals surface area contributed by atoms with E-state index >= 15 is 0 Å². The largest absolute Gasteiger partial charge is 0.507 e.